The molecule has 2 N–H and O–H groups in total. The van der Waals surface area contributed by atoms with Crippen molar-refractivity contribution in [3.05, 3.63) is 0 Å². The van der Waals surface area contributed by atoms with Crippen LogP contribution in [0.5, 0.6) is 0 Å². The van der Waals surface area contributed by atoms with Crippen LogP contribution in [0.1, 0.15) is 52.9 Å². The molecule has 1 fully saturated rings. The molecule has 0 aromatic heterocycles. The number of rotatable bonds is 8. The number of aliphatic carboxylic acids is 1. The van der Waals surface area contributed by atoms with Crippen molar-refractivity contribution in [2.45, 2.75) is 58.9 Å². The summed E-state index contributed by atoms with van der Waals surface area (Å²) in [5.41, 5.74) is 0. The summed E-state index contributed by atoms with van der Waals surface area (Å²) < 4.78 is 0. The van der Waals surface area contributed by atoms with Gasteiger partial charge in [-0.15, -0.1) is 0 Å². The standard InChI is InChI=1S/C16H30N2O3/c1-4-6-13(3)17-15(19)11-18-8-5-7-14(10-18)12(2)9-16(20)21/h12-14H,4-11H2,1-3H3,(H,17,19)(H,20,21). The monoisotopic (exact) mass is 298 g/mol. The Morgan fingerprint density at radius 3 is 2.71 bits per heavy atom. The van der Waals surface area contributed by atoms with E-state index in [0.717, 1.165) is 38.8 Å². The number of piperidine rings is 1. The maximum Gasteiger partial charge on any atom is 0.303 e. The van der Waals surface area contributed by atoms with Crippen molar-refractivity contribution < 1.29 is 14.7 Å². The van der Waals surface area contributed by atoms with Crippen LogP contribution in [-0.2, 0) is 9.59 Å². The molecule has 1 amide bonds. The van der Waals surface area contributed by atoms with E-state index in [1.54, 1.807) is 0 Å². The normalized spacial score (nSPS) is 22.5. The molecule has 1 rings (SSSR count). The molecule has 122 valence electrons. The highest BCUT2D eigenvalue weighted by molar-refractivity contribution is 5.78. The first-order valence-corrected chi connectivity index (χ1v) is 8.15. The van der Waals surface area contributed by atoms with E-state index in [1.165, 1.54) is 0 Å². The average molecular weight is 298 g/mol. The third-order valence-corrected chi connectivity index (χ3v) is 4.34. The predicted molar refractivity (Wildman–Crippen MR) is 83.1 cm³/mol. The van der Waals surface area contributed by atoms with Crippen molar-refractivity contribution in [3.63, 3.8) is 0 Å². The van der Waals surface area contributed by atoms with E-state index in [2.05, 4.69) is 17.1 Å². The molecule has 3 unspecified atom stereocenters. The summed E-state index contributed by atoms with van der Waals surface area (Å²) in [4.78, 5) is 25.0. The van der Waals surface area contributed by atoms with Gasteiger partial charge in [0.1, 0.15) is 0 Å². The molecule has 1 saturated heterocycles. The first kappa shape index (κ1) is 18.0. The van der Waals surface area contributed by atoms with Crippen LogP contribution in [-0.4, -0.2) is 47.6 Å². The Bertz CT molecular complexity index is 346. The topological polar surface area (TPSA) is 69.6 Å². The van der Waals surface area contributed by atoms with E-state index < -0.39 is 5.97 Å². The Balaban J connectivity index is 2.38. The number of carbonyl (C=O) groups excluding carboxylic acids is 1. The first-order chi connectivity index (χ1) is 9.92. The number of amides is 1. The van der Waals surface area contributed by atoms with Gasteiger partial charge in [-0.2, -0.15) is 0 Å². The van der Waals surface area contributed by atoms with Gasteiger partial charge >= 0.3 is 5.97 Å². The summed E-state index contributed by atoms with van der Waals surface area (Å²) in [5.74, 6) is -0.0867. The summed E-state index contributed by atoms with van der Waals surface area (Å²) in [7, 11) is 0. The second kappa shape index (κ2) is 9.03. The minimum atomic E-state index is -0.731. The zero-order valence-electron chi connectivity index (χ0n) is 13.6. The van der Waals surface area contributed by atoms with Gasteiger partial charge in [-0.3, -0.25) is 14.5 Å². The molecule has 5 heteroatoms. The number of likely N-dealkylation sites (tertiary alicyclic amines) is 1. The first-order valence-electron chi connectivity index (χ1n) is 8.15. The van der Waals surface area contributed by atoms with E-state index in [1.807, 2.05) is 13.8 Å². The van der Waals surface area contributed by atoms with E-state index >= 15 is 0 Å². The van der Waals surface area contributed by atoms with Crippen molar-refractivity contribution in [2.75, 3.05) is 19.6 Å². The minimum absolute atomic E-state index is 0.0856. The Labute approximate surface area is 128 Å². The summed E-state index contributed by atoms with van der Waals surface area (Å²) in [6, 6.07) is 0.231. The Hall–Kier alpha value is -1.10. The number of carboxylic acid groups (broad SMARTS) is 1. The highest BCUT2D eigenvalue weighted by Gasteiger charge is 2.27. The molecule has 0 aliphatic carbocycles. The molecule has 1 heterocycles. The largest absolute Gasteiger partial charge is 0.481 e. The molecule has 0 saturated carbocycles. The number of nitrogens with one attached hydrogen (secondary N) is 1. The highest BCUT2D eigenvalue weighted by atomic mass is 16.4. The van der Waals surface area contributed by atoms with Crippen molar-refractivity contribution in [1.29, 1.82) is 0 Å². The van der Waals surface area contributed by atoms with Crippen LogP contribution < -0.4 is 5.32 Å². The molecule has 1 aliphatic rings. The van der Waals surface area contributed by atoms with E-state index in [4.69, 9.17) is 5.11 Å². The van der Waals surface area contributed by atoms with Crippen LogP contribution in [0.25, 0.3) is 0 Å². The lowest BCUT2D eigenvalue weighted by Crippen LogP contribution is -2.45. The van der Waals surface area contributed by atoms with Gasteiger partial charge in [-0.25, -0.2) is 0 Å². The Kier molecular flexibility index (Phi) is 7.72. The number of carboxylic acids is 1. The zero-order valence-corrected chi connectivity index (χ0v) is 13.6. The fourth-order valence-corrected chi connectivity index (χ4v) is 3.17. The maximum atomic E-state index is 12.0. The molecule has 0 spiro atoms. The molecular formula is C16H30N2O3. The summed E-state index contributed by atoms with van der Waals surface area (Å²) in [6.45, 7) is 8.36. The van der Waals surface area contributed by atoms with E-state index in [-0.39, 0.29) is 24.3 Å². The van der Waals surface area contributed by atoms with Gasteiger partial charge in [0.05, 0.1) is 6.54 Å². The molecule has 0 radical (unpaired) electrons. The van der Waals surface area contributed by atoms with Gasteiger partial charge in [-0.05, 0) is 44.6 Å². The summed E-state index contributed by atoms with van der Waals surface area (Å²) in [6.07, 6.45) is 4.41. The molecule has 1 aliphatic heterocycles. The second-order valence-electron chi connectivity index (χ2n) is 6.47. The van der Waals surface area contributed by atoms with Crippen LogP contribution in [0.2, 0.25) is 0 Å². The van der Waals surface area contributed by atoms with Gasteiger partial charge < -0.3 is 10.4 Å². The lowest BCUT2D eigenvalue weighted by molar-refractivity contribution is -0.138. The second-order valence-corrected chi connectivity index (χ2v) is 6.47. The van der Waals surface area contributed by atoms with Crippen molar-refractivity contribution in [3.8, 4) is 0 Å². The lowest BCUT2D eigenvalue weighted by Gasteiger charge is -2.35. The average Bonchev–Trinajstić information content (AvgIpc) is 2.38. The van der Waals surface area contributed by atoms with Crippen LogP contribution in [0.4, 0.5) is 0 Å². The van der Waals surface area contributed by atoms with Crippen molar-refractivity contribution >= 4 is 11.9 Å². The van der Waals surface area contributed by atoms with Crippen LogP contribution in [0.15, 0.2) is 0 Å². The van der Waals surface area contributed by atoms with Gasteiger partial charge in [0, 0.05) is 19.0 Å². The summed E-state index contributed by atoms with van der Waals surface area (Å²) in [5, 5.41) is 11.9. The minimum Gasteiger partial charge on any atom is -0.481 e. The van der Waals surface area contributed by atoms with Gasteiger partial charge in [0.2, 0.25) is 5.91 Å². The Morgan fingerprint density at radius 1 is 1.38 bits per heavy atom. The number of nitrogens with zero attached hydrogens (tertiary/aromatic N) is 1. The molecule has 5 nitrogen and oxygen atoms in total. The van der Waals surface area contributed by atoms with Gasteiger partial charge in [0.25, 0.3) is 0 Å². The van der Waals surface area contributed by atoms with Crippen molar-refractivity contribution in [2.24, 2.45) is 11.8 Å². The molecule has 0 aromatic rings. The smallest absolute Gasteiger partial charge is 0.303 e. The highest BCUT2D eigenvalue weighted by Crippen LogP contribution is 2.25. The zero-order chi connectivity index (χ0) is 15.8. The fourth-order valence-electron chi connectivity index (χ4n) is 3.17. The Morgan fingerprint density at radius 2 is 2.10 bits per heavy atom. The molecule has 0 aromatic carbocycles. The molecule has 3 atom stereocenters. The number of carbonyl (C=O) groups is 2. The van der Waals surface area contributed by atoms with E-state index in [0.29, 0.717) is 12.5 Å². The number of hydrogen-bond donors (Lipinski definition) is 2. The maximum absolute atomic E-state index is 12.0. The number of hydrogen-bond acceptors (Lipinski definition) is 3. The van der Waals surface area contributed by atoms with Crippen LogP contribution in [0, 0.1) is 11.8 Å². The fraction of sp³-hybridized carbons (Fsp3) is 0.875. The summed E-state index contributed by atoms with van der Waals surface area (Å²) >= 11 is 0. The third kappa shape index (κ3) is 6.93. The van der Waals surface area contributed by atoms with Crippen LogP contribution in [0.3, 0.4) is 0 Å². The third-order valence-electron chi connectivity index (χ3n) is 4.34. The van der Waals surface area contributed by atoms with E-state index in [9.17, 15) is 9.59 Å². The molecular weight excluding hydrogens is 268 g/mol. The van der Waals surface area contributed by atoms with Crippen LogP contribution >= 0.6 is 0 Å². The molecule has 21 heavy (non-hydrogen) atoms. The SMILES string of the molecule is CCCC(C)NC(=O)CN1CCCC(C(C)CC(=O)O)C1. The molecule has 0 bridgehead atoms. The van der Waals surface area contributed by atoms with Gasteiger partial charge in [0.15, 0.2) is 0 Å². The quantitative estimate of drug-likeness (QED) is 0.720. The van der Waals surface area contributed by atoms with Crippen molar-refractivity contribution in [1.82, 2.24) is 10.2 Å². The predicted octanol–water partition coefficient (Wildman–Crippen LogP) is 2.11. The lowest BCUT2D eigenvalue weighted by atomic mass is 9.84. The van der Waals surface area contributed by atoms with Gasteiger partial charge in [-0.1, -0.05) is 20.3 Å².